The SMILES string of the molecule is CCCc1cc(CO)cc(Oc2ccc(Cl)c(F)c2)n1. The molecule has 0 spiro atoms. The maximum atomic E-state index is 13.4. The molecule has 0 amide bonds. The number of pyridine rings is 1. The van der Waals surface area contributed by atoms with E-state index in [-0.39, 0.29) is 11.6 Å². The molecule has 1 aromatic heterocycles. The van der Waals surface area contributed by atoms with Crippen LogP contribution in [-0.2, 0) is 13.0 Å². The number of aliphatic hydroxyl groups excluding tert-OH is 1. The van der Waals surface area contributed by atoms with E-state index < -0.39 is 5.82 Å². The Morgan fingerprint density at radius 1 is 1.30 bits per heavy atom. The molecule has 106 valence electrons. The lowest BCUT2D eigenvalue weighted by molar-refractivity contribution is 0.280. The first-order valence-electron chi connectivity index (χ1n) is 6.36. The molecule has 0 bridgehead atoms. The van der Waals surface area contributed by atoms with Gasteiger partial charge in [0.15, 0.2) is 0 Å². The summed E-state index contributed by atoms with van der Waals surface area (Å²) in [4.78, 5) is 4.33. The largest absolute Gasteiger partial charge is 0.439 e. The van der Waals surface area contributed by atoms with Crippen molar-refractivity contribution in [3.05, 3.63) is 52.4 Å². The van der Waals surface area contributed by atoms with E-state index in [1.807, 2.05) is 13.0 Å². The van der Waals surface area contributed by atoms with Gasteiger partial charge in [-0.25, -0.2) is 9.37 Å². The first kappa shape index (κ1) is 14.8. The van der Waals surface area contributed by atoms with Crippen molar-refractivity contribution < 1.29 is 14.2 Å². The molecule has 0 fully saturated rings. The van der Waals surface area contributed by atoms with E-state index >= 15 is 0 Å². The van der Waals surface area contributed by atoms with Gasteiger partial charge in [0.2, 0.25) is 5.88 Å². The van der Waals surface area contributed by atoms with Crippen LogP contribution in [0.15, 0.2) is 30.3 Å². The van der Waals surface area contributed by atoms with Gasteiger partial charge in [-0.1, -0.05) is 24.9 Å². The molecule has 1 heterocycles. The number of aliphatic hydroxyl groups is 1. The monoisotopic (exact) mass is 295 g/mol. The number of hydrogen-bond acceptors (Lipinski definition) is 3. The van der Waals surface area contributed by atoms with Crippen LogP contribution in [0, 0.1) is 5.82 Å². The van der Waals surface area contributed by atoms with Gasteiger partial charge in [-0.2, -0.15) is 0 Å². The lowest BCUT2D eigenvalue weighted by atomic mass is 10.2. The van der Waals surface area contributed by atoms with E-state index in [1.165, 1.54) is 12.1 Å². The first-order chi connectivity index (χ1) is 9.62. The quantitative estimate of drug-likeness (QED) is 0.902. The standard InChI is InChI=1S/C15H15ClFNO2/c1-2-3-11-6-10(9-19)7-15(18-11)20-12-4-5-13(16)14(17)8-12/h4-8,19H,2-3,9H2,1H3. The Morgan fingerprint density at radius 2 is 2.10 bits per heavy atom. The van der Waals surface area contributed by atoms with E-state index in [2.05, 4.69) is 4.98 Å². The zero-order valence-electron chi connectivity index (χ0n) is 11.1. The van der Waals surface area contributed by atoms with E-state index in [0.717, 1.165) is 18.5 Å². The molecule has 0 aliphatic carbocycles. The highest BCUT2D eigenvalue weighted by molar-refractivity contribution is 6.30. The third-order valence-corrected chi connectivity index (χ3v) is 3.02. The van der Waals surface area contributed by atoms with Crippen LogP contribution in [0.4, 0.5) is 4.39 Å². The van der Waals surface area contributed by atoms with E-state index in [1.54, 1.807) is 12.1 Å². The van der Waals surface area contributed by atoms with Crippen LogP contribution in [-0.4, -0.2) is 10.1 Å². The van der Waals surface area contributed by atoms with E-state index in [9.17, 15) is 9.50 Å². The van der Waals surface area contributed by atoms with Gasteiger partial charge in [0.1, 0.15) is 11.6 Å². The number of aryl methyl sites for hydroxylation is 1. The maximum absolute atomic E-state index is 13.4. The van der Waals surface area contributed by atoms with Gasteiger partial charge in [-0.05, 0) is 30.2 Å². The lowest BCUT2D eigenvalue weighted by Crippen LogP contribution is -1.97. The molecule has 2 aromatic rings. The van der Waals surface area contributed by atoms with E-state index in [4.69, 9.17) is 16.3 Å². The average molecular weight is 296 g/mol. The highest BCUT2D eigenvalue weighted by atomic mass is 35.5. The average Bonchev–Trinajstić information content (AvgIpc) is 2.43. The van der Waals surface area contributed by atoms with Crippen molar-refractivity contribution in [1.82, 2.24) is 4.98 Å². The minimum absolute atomic E-state index is 0.0427. The molecule has 20 heavy (non-hydrogen) atoms. The summed E-state index contributed by atoms with van der Waals surface area (Å²) in [6.45, 7) is 1.95. The molecular weight excluding hydrogens is 281 g/mol. The summed E-state index contributed by atoms with van der Waals surface area (Å²) in [6.07, 6.45) is 1.73. The highest BCUT2D eigenvalue weighted by Crippen LogP contribution is 2.25. The molecule has 0 saturated heterocycles. The number of nitrogens with zero attached hydrogens (tertiary/aromatic N) is 1. The minimum atomic E-state index is -0.545. The molecule has 5 heteroatoms. The normalized spacial score (nSPS) is 10.6. The Hall–Kier alpha value is -1.65. The van der Waals surface area contributed by atoms with Crippen LogP contribution < -0.4 is 4.74 Å². The van der Waals surface area contributed by atoms with Gasteiger partial charge in [-0.15, -0.1) is 0 Å². The molecule has 3 nitrogen and oxygen atoms in total. The van der Waals surface area contributed by atoms with E-state index in [0.29, 0.717) is 17.2 Å². The van der Waals surface area contributed by atoms with Gasteiger partial charge in [0.25, 0.3) is 0 Å². The van der Waals surface area contributed by atoms with Crippen molar-refractivity contribution in [3.8, 4) is 11.6 Å². The number of benzene rings is 1. The molecule has 0 aliphatic heterocycles. The predicted molar refractivity (Wildman–Crippen MR) is 75.6 cm³/mol. The number of hydrogen-bond donors (Lipinski definition) is 1. The van der Waals surface area contributed by atoms with Crippen molar-refractivity contribution in [1.29, 1.82) is 0 Å². The molecule has 0 unspecified atom stereocenters. The second-order valence-electron chi connectivity index (χ2n) is 4.39. The molecule has 1 N–H and O–H groups in total. The second kappa shape index (κ2) is 6.68. The maximum Gasteiger partial charge on any atom is 0.219 e. The van der Waals surface area contributed by atoms with Gasteiger partial charge < -0.3 is 9.84 Å². The summed E-state index contributed by atoms with van der Waals surface area (Å²) in [5.74, 6) is 0.106. The topological polar surface area (TPSA) is 42.4 Å². The molecular formula is C15H15ClFNO2. The Kier molecular flexibility index (Phi) is 4.93. The molecule has 0 atom stereocenters. The van der Waals surface area contributed by atoms with Crippen LogP contribution in [0.2, 0.25) is 5.02 Å². The van der Waals surface area contributed by atoms with Crippen molar-refractivity contribution in [2.75, 3.05) is 0 Å². The zero-order valence-corrected chi connectivity index (χ0v) is 11.8. The summed E-state index contributed by atoms with van der Waals surface area (Å²) >= 11 is 5.62. The van der Waals surface area contributed by atoms with Crippen molar-refractivity contribution in [2.45, 2.75) is 26.4 Å². The summed E-state index contributed by atoms with van der Waals surface area (Å²) < 4.78 is 18.9. The molecule has 0 radical (unpaired) electrons. The lowest BCUT2D eigenvalue weighted by Gasteiger charge is -2.09. The Balaban J connectivity index is 2.27. The Labute approximate surface area is 122 Å². The summed E-state index contributed by atoms with van der Waals surface area (Å²) in [6, 6.07) is 7.66. The fourth-order valence-corrected chi connectivity index (χ4v) is 1.93. The van der Waals surface area contributed by atoms with Crippen LogP contribution in [0.3, 0.4) is 0 Å². The number of rotatable bonds is 5. The predicted octanol–water partition coefficient (Wildman–Crippen LogP) is 4.11. The van der Waals surface area contributed by atoms with Crippen molar-refractivity contribution in [2.24, 2.45) is 0 Å². The fraction of sp³-hybridized carbons (Fsp3) is 0.267. The van der Waals surface area contributed by atoms with Crippen molar-refractivity contribution in [3.63, 3.8) is 0 Å². The summed E-state index contributed by atoms with van der Waals surface area (Å²) in [5.41, 5.74) is 1.55. The first-order valence-corrected chi connectivity index (χ1v) is 6.73. The number of aromatic nitrogens is 1. The molecule has 0 saturated carbocycles. The summed E-state index contributed by atoms with van der Waals surface area (Å²) in [5, 5.41) is 9.28. The zero-order chi connectivity index (χ0) is 14.5. The Morgan fingerprint density at radius 3 is 2.75 bits per heavy atom. The van der Waals surface area contributed by atoms with Gasteiger partial charge >= 0.3 is 0 Å². The van der Waals surface area contributed by atoms with Crippen molar-refractivity contribution >= 4 is 11.6 Å². The Bertz CT molecular complexity index is 604. The van der Waals surface area contributed by atoms with Crippen LogP contribution in [0.25, 0.3) is 0 Å². The van der Waals surface area contributed by atoms with Gasteiger partial charge in [-0.3, -0.25) is 0 Å². The second-order valence-corrected chi connectivity index (χ2v) is 4.80. The molecule has 1 aromatic carbocycles. The van der Waals surface area contributed by atoms with Gasteiger partial charge in [0, 0.05) is 17.8 Å². The summed E-state index contributed by atoms with van der Waals surface area (Å²) in [7, 11) is 0. The smallest absolute Gasteiger partial charge is 0.219 e. The van der Waals surface area contributed by atoms with Crippen LogP contribution in [0.1, 0.15) is 24.6 Å². The van der Waals surface area contributed by atoms with Crippen LogP contribution in [0.5, 0.6) is 11.6 Å². The third kappa shape index (κ3) is 3.68. The molecule has 2 rings (SSSR count). The van der Waals surface area contributed by atoms with Gasteiger partial charge in [0.05, 0.1) is 11.6 Å². The number of halogens is 2. The number of ether oxygens (including phenoxy) is 1. The fourth-order valence-electron chi connectivity index (χ4n) is 1.81. The molecule has 0 aliphatic rings. The van der Waals surface area contributed by atoms with Crippen LogP contribution >= 0.6 is 11.6 Å². The highest BCUT2D eigenvalue weighted by Gasteiger charge is 2.07. The minimum Gasteiger partial charge on any atom is -0.439 e. The third-order valence-electron chi connectivity index (χ3n) is 2.72.